The zero-order valence-electron chi connectivity index (χ0n) is 15.2. The summed E-state index contributed by atoms with van der Waals surface area (Å²) >= 11 is 7.31. The van der Waals surface area contributed by atoms with Crippen LogP contribution in [0.3, 0.4) is 0 Å². The van der Waals surface area contributed by atoms with Crippen LogP contribution >= 0.6 is 22.9 Å². The Hall–Kier alpha value is -2.38. The SMILES string of the molecule is O=C(O)CCC(=O)Nc1sc2c(c1C(=O)Nc1ccc(Cl)cc1)CCCCC2. The first-order chi connectivity index (χ1) is 13.4. The molecule has 1 aromatic carbocycles. The maximum Gasteiger partial charge on any atom is 0.303 e. The van der Waals surface area contributed by atoms with Crippen molar-refractivity contribution in [2.45, 2.75) is 44.9 Å². The molecule has 6 nitrogen and oxygen atoms in total. The number of rotatable bonds is 6. The summed E-state index contributed by atoms with van der Waals surface area (Å²) in [6.07, 6.45) is 4.46. The van der Waals surface area contributed by atoms with Crippen LogP contribution in [0.5, 0.6) is 0 Å². The van der Waals surface area contributed by atoms with Gasteiger partial charge in [0.15, 0.2) is 0 Å². The fraction of sp³-hybridized carbons (Fsp3) is 0.350. The predicted octanol–water partition coefficient (Wildman–Crippen LogP) is 4.73. The standard InChI is InChI=1S/C20H21ClN2O4S/c21-12-6-8-13(9-7-12)22-19(27)18-14-4-2-1-3-5-15(14)28-20(18)23-16(24)10-11-17(25)26/h6-9H,1-5,10-11H2,(H,22,27)(H,23,24)(H,25,26). The first-order valence-electron chi connectivity index (χ1n) is 9.17. The normalized spacial score (nSPS) is 13.3. The monoisotopic (exact) mass is 420 g/mol. The van der Waals surface area contributed by atoms with Crippen LogP contribution in [0, 0.1) is 0 Å². The van der Waals surface area contributed by atoms with Crippen LogP contribution in [-0.4, -0.2) is 22.9 Å². The summed E-state index contributed by atoms with van der Waals surface area (Å²) in [4.78, 5) is 37.0. The van der Waals surface area contributed by atoms with E-state index in [1.54, 1.807) is 24.3 Å². The number of carbonyl (C=O) groups is 3. The van der Waals surface area contributed by atoms with Gasteiger partial charge in [0.25, 0.3) is 5.91 Å². The molecule has 0 fully saturated rings. The van der Waals surface area contributed by atoms with E-state index in [0.717, 1.165) is 42.5 Å². The van der Waals surface area contributed by atoms with E-state index in [9.17, 15) is 14.4 Å². The zero-order chi connectivity index (χ0) is 20.1. The lowest BCUT2D eigenvalue weighted by Crippen LogP contribution is -2.18. The van der Waals surface area contributed by atoms with E-state index < -0.39 is 11.9 Å². The number of carboxylic acid groups (broad SMARTS) is 1. The molecule has 1 heterocycles. The fourth-order valence-electron chi connectivity index (χ4n) is 3.21. The van der Waals surface area contributed by atoms with Gasteiger partial charge in [0.2, 0.25) is 5.91 Å². The predicted molar refractivity (Wildman–Crippen MR) is 110 cm³/mol. The third-order valence-electron chi connectivity index (χ3n) is 4.57. The molecule has 0 saturated heterocycles. The van der Waals surface area contributed by atoms with Gasteiger partial charge in [-0.1, -0.05) is 18.0 Å². The minimum absolute atomic E-state index is 0.129. The van der Waals surface area contributed by atoms with Crippen LogP contribution in [0.1, 0.15) is 52.9 Å². The van der Waals surface area contributed by atoms with E-state index in [-0.39, 0.29) is 18.7 Å². The molecule has 2 amide bonds. The second-order valence-corrected chi connectivity index (χ2v) is 8.21. The Balaban J connectivity index is 1.86. The van der Waals surface area contributed by atoms with E-state index in [1.807, 2.05) is 0 Å². The molecular weight excluding hydrogens is 400 g/mol. The lowest BCUT2D eigenvalue weighted by Gasteiger charge is -2.10. The Morgan fingerprint density at radius 3 is 2.43 bits per heavy atom. The van der Waals surface area contributed by atoms with Gasteiger partial charge in [0.1, 0.15) is 5.00 Å². The molecule has 0 aliphatic heterocycles. The highest BCUT2D eigenvalue weighted by molar-refractivity contribution is 7.17. The highest BCUT2D eigenvalue weighted by atomic mass is 35.5. The Morgan fingerprint density at radius 1 is 1.00 bits per heavy atom. The summed E-state index contributed by atoms with van der Waals surface area (Å²) in [5, 5.41) is 15.5. The van der Waals surface area contributed by atoms with Crippen molar-refractivity contribution in [2.24, 2.45) is 0 Å². The molecule has 1 aliphatic rings. The lowest BCUT2D eigenvalue weighted by atomic mass is 10.0. The van der Waals surface area contributed by atoms with Gasteiger partial charge in [-0.3, -0.25) is 14.4 Å². The highest BCUT2D eigenvalue weighted by Crippen LogP contribution is 2.38. The van der Waals surface area contributed by atoms with Gasteiger partial charge in [0.05, 0.1) is 12.0 Å². The number of halogens is 1. The molecule has 148 valence electrons. The van der Waals surface area contributed by atoms with Crippen LogP contribution in [0.2, 0.25) is 5.02 Å². The van der Waals surface area contributed by atoms with E-state index in [1.165, 1.54) is 11.3 Å². The van der Waals surface area contributed by atoms with Crippen molar-refractivity contribution >= 4 is 51.4 Å². The smallest absolute Gasteiger partial charge is 0.303 e. The van der Waals surface area contributed by atoms with E-state index in [4.69, 9.17) is 16.7 Å². The molecule has 2 aromatic rings. The molecule has 0 spiro atoms. The van der Waals surface area contributed by atoms with Gasteiger partial charge in [-0.2, -0.15) is 0 Å². The van der Waals surface area contributed by atoms with Crippen molar-refractivity contribution < 1.29 is 19.5 Å². The van der Waals surface area contributed by atoms with E-state index >= 15 is 0 Å². The van der Waals surface area contributed by atoms with Crippen LogP contribution in [0.25, 0.3) is 0 Å². The summed E-state index contributed by atoms with van der Waals surface area (Å²) in [6.45, 7) is 0. The van der Waals surface area contributed by atoms with Crippen LogP contribution in [-0.2, 0) is 22.4 Å². The summed E-state index contributed by atoms with van der Waals surface area (Å²) in [7, 11) is 0. The number of carbonyl (C=O) groups excluding carboxylic acids is 2. The second-order valence-electron chi connectivity index (χ2n) is 6.67. The number of amides is 2. The maximum absolute atomic E-state index is 13.0. The van der Waals surface area contributed by atoms with Gasteiger partial charge >= 0.3 is 5.97 Å². The summed E-state index contributed by atoms with van der Waals surface area (Å²) in [5.74, 6) is -1.72. The second kappa shape index (κ2) is 9.21. The minimum atomic E-state index is -1.03. The summed E-state index contributed by atoms with van der Waals surface area (Å²) < 4.78 is 0. The summed E-state index contributed by atoms with van der Waals surface area (Å²) in [5.41, 5.74) is 2.09. The number of carboxylic acids is 1. The van der Waals surface area contributed by atoms with E-state index in [2.05, 4.69) is 10.6 Å². The zero-order valence-corrected chi connectivity index (χ0v) is 16.8. The molecule has 1 aliphatic carbocycles. The maximum atomic E-state index is 13.0. The van der Waals surface area contributed by atoms with Crippen molar-refractivity contribution in [3.63, 3.8) is 0 Å². The van der Waals surface area contributed by atoms with Crippen molar-refractivity contribution in [3.8, 4) is 0 Å². The van der Waals surface area contributed by atoms with Crippen molar-refractivity contribution in [3.05, 3.63) is 45.3 Å². The molecule has 8 heteroatoms. The lowest BCUT2D eigenvalue weighted by molar-refractivity contribution is -0.138. The summed E-state index contributed by atoms with van der Waals surface area (Å²) in [6, 6.07) is 6.83. The first-order valence-corrected chi connectivity index (χ1v) is 10.4. The number of hydrogen-bond acceptors (Lipinski definition) is 4. The Kier molecular flexibility index (Phi) is 6.70. The number of aryl methyl sites for hydroxylation is 1. The highest BCUT2D eigenvalue weighted by Gasteiger charge is 2.26. The Labute approximate surface area is 171 Å². The van der Waals surface area contributed by atoms with Crippen molar-refractivity contribution in [2.75, 3.05) is 10.6 Å². The van der Waals surface area contributed by atoms with Crippen molar-refractivity contribution in [1.82, 2.24) is 0 Å². The Bertz CT molecular complexity index is 892. The fourth-order valence-corrected chi connectivity index (χ4v) is 4.64. The quantitative estimate of drug-likeness (QED) is 0.589. The van der Waals surface area contributed by atoms with Crippen LogP contribution in [0.15, 0.2) is 24.3 Å². The number of hydrogen-bond donors (Lipinski definition) is 3. The van der Waals surface area contributed by atoms with Gasteiger partial charge < -0.3 is 15.7 Å². The first kappa shape index (κ1) is 20.4. The van der Waals surface area contributed by atoms with Crippen LogP contribution in [0.4, 0.5) is 10.7 Å². The molecule has 0 bridgehead atoms. The average molecular weight is 421 g/mol. The number of fused-ring (bicyclic) bond motifs is 1. The molecule has 0 unspecified atom stereocenters. The largest absolute Gasteiger partial charge is 0.481 e. The third kappa shape index (κ3) is 5.11. The van der Waals surface area contributed by atoms with Crippen LogP contribution < -0.4 is 10.6 Å². The molecule has 1 aromatic heterocycles. The third-order valence-corrected chi connectivity index (χ3v) is 6.03. The van der Waals surface area contributed by atoms with E-state index in [0.29, 0.717) is 21.3 Å². The number of nitrogens with one attached hydrogen (secondary N) is 2. The molecule has 3 N–H and O–H groups in total. The van der Waals surface area contributed by atoms with Crippen molar-refractivity contribution in [1.29, 1.82) is 0 Å². The molecular formula is C20H21ClN2O4S. The number of aliphatic carboxylic acids is 1. The molecule has 28 heavy (non-hydrogen) atoms. The number of thiophene rings is 1. The van der Waals surface area contributed by atoms with Gasteiger partial charge in [-0.05, 0) is 55.5 Å². The molecule has 0 atom stereocenters. The number of anilines is 2. The number of benzene rings is 1. The van der Waals surface area contributed by atoms with Gasteiger partial charge in [-0.25, -0.2) is 0 Å². The minimum Gasteiger partial charge on any atom is -0.481 e. The Morgan fingerprint density at radius 2 is 1.71 bits per heavy atom. The topological polar surface area (TPSA) is 95.5 Å². The average Bonchev–Trinajstić information content (AvgIpc) is 2.82. The molecule has 3 rings (SSSR count). The molecule has 0 radical (unpaired) electrons. The molecule has 0 saturated carbocycles. The van der Waals surface area contributed by atoms with Gasteiger partial charge in [-0.15, -0.1) is 11.3 Å². The van der Waals surface area contributed by atoms with Gasteiger partial charge in [0, 0.05) is 22.0 Å².